The van der Waals surface area contributed by atoms with Gasteiger partial charge in [0.05, 0.1) is 10.2 Å². The molecule has 0 unspecified atom stereocenters. The number of carbonyl (C=O) groups is 2. The first-order chi connectivity index (χ1) is 16.5. The highest BCUT2D eigenvalue weighted by atomic mass is 35.5. The molecule has 0 atom stereocenters. The number of amides is 1. The van der Waals surface area contributed by atoms with Gasteiger partial charge in [0.15, 0.2) is 10.9 Å². The van der Waals surface area contributed by atoms with Gasteiger partial charge >= 0.3 is 0 Å². The molecule has 0 radical (unpaired) electrons. The average Bonchev–Trinajstić information content (AvgIpc) is 3.29. The maximum Gasteiger partial charge on any atom is 0.260 e. The Bertz CT molecular complexity index is 1290. The normalized spacial score (nSPS) is 10.9. The summed E-state index contributed by atoms with van der Waals surface area (Å²) in [5.74, 6) is -0.160. The molecule has 4 rings (SSSR count). The molecule has 0 fully saturated rings. The fourth-order valence-corrected chi connectivity index (χ4v) is 4.85. The summed E-state index contributed by atoms with van der Waals surface area (Å²) in [6.07, 6.45) is 1.79. The topological polar surface area (TPSA) is 53.5 Å². The number of aromatic nitrogens is 1. The van der Waals surface area contributed by atoms with E-state index in [4.69, 9.17) is 4.98 Å². The number of aryl methyl sites for hydroxylation is 1. The standard InChI is InChI=1S/C28H29N3O2S.ClH/c1-4-20-11-16-24-25(19-20)34-28(29-24)31(18-8-17-30(2)3)27(33)23-14-12-22(13-15-23)26(32)21-9-6-5-7-10-21;/h5-7,9-16,19H,4,8,17-18H2,1-3H3;1H. The predicted octanol–water partition coefficient (Wildman–Crippen LogP) is 6.11. The molecule has 0 aliphatic heterocycles. The van der Waals surface area contributed by atoms with Crippen LogP contribution in [0.3, 0.4) is 0 Å². The van der Waals surface area contributed by atoms with Crippen molar-refractivity contribution in [3.8, 4) is 0 Å². The molecular formula is C28H30ClN3O2S. The molecule has 182 valence electrons. The molecule has 0 saturated heterocycles. The number of anilines is 1. The molecule has 5 nitrogen and oxygen atoms in total. The molecule has 0 aliphatic rings. The molecule has 35 heavy (non-hydrogen) atoms. The van der Waals surface area contributed by atoms with Crippen LogP contribution in [0.15, 0.2) is 72.8 Å². The number of nitrogens with zero attached hydrogens (tertiary/aromatic N) is 3. The van der Waals surface area contributed by atoms with Gasteiger partial charge in [-0.2, -0.15) is 0 Å². The maximum atomic E-state index is 13.6. The van der Waals surface area contributed by atoms with Gasteiger partial charge in [-0.3, -0.25) is 14.5 Å². The Kier molecular flexibility index (Phi) is 9.15. The first-order valence-electron chi connectivity index (χ1n) is 11.5. The monoisotopic (exact) mass is 507 g/mol. The van der Waals surface area contributed by atoms with Gasteiger partial charge in [-0.15, -0.1) is 12.4 Å². The van der Waals surface area contributed by atoms with Crippen LogP contribution in [-0.2, 0) is 6.42 Å². The van der Waals surface area contributed by atoms with Crippen molar-refractivity contribution < 1.29 is 9.59 Å². The number of carbonyl (C=O) groups excluding carboxylic acids is 2. The third-order valence-corrected chi connectivity index (χ3v) is 6.78. The molecule has 7 heteroatoms. The second kappa shape index (κ2) is 12.1. The Hall–Kier alpha value is -3.06. The Labute approximate surface area is 216 Å². The second-order valence-corrected chi connectivity index (χ2v) is 9.55. The molecule has 0 saturated carbocycles. The predicted molar refractivity (Wildman–Crippen MR) is 147 cm³/mol. The van der Waals surface area contributed by atoms with Crippen LogP contribution < -0.4 is 4.90 Å². The van der Waals surface area contributed by atoms with Crippen LogP contribution >= 0.6 is 23.7 Å². The van der Waals surface area contributed by atoms with Crippen LogP contribution in [0.5, 0.6) is 0 Å². The summed E-state index contributed by atoms with van der Waals surface area (Å²) in [7, 11) is 4.05. The molecule has 0 N–H and O–H groups in total. The minimum absolute atomic E-state index is 0. The van der Waals surface area contributed by atoms with Crippen molar-refractivity contribution in [2.75, 3.05) is 32.1 Å². The van der Waals surface area contributed by atoms with Crippen molar-refractivity contribution in [3.63, 3.8) is 0 Å². The molecule has 1 heterocycles. The summed E-state index contributed by atoms with van der Waals surface area (Å²) < 4.78 is 1.09. The summed E-state index contributed by atoms with van der Waals surface area (Å²) in [5.41, 5.74) is 3.91. The van der Waals surface area contributed by atoms with E-state index >= 15 is 0 Å². The maximum absolute atomic E-state index is 13.6. The number of fused-ring (bicyclic) bond motifs is 1. The van der Waals surface area contributed by atoms with E-state index in [1.807, 2.05) is 38.4 Å². The highest BCUT2D eigenvalue weighted by Gasteiger charge is 2.22. The zero-order valence-electron chi connectivity index (χ0n) is 20.2. The quantitative estimate of drug-likeness (QED) is 0.256. The van der Waals surface area contributed by atoms with Crippen molar-refractivity contribution in [2.45, 2.75) is 19.8 Å². The van der Waals surface area contributed by atoms with Crippen molar-refractivity contribution in [1.82, 2.24) is 9.88 Å². The Morgan fingerprint density at radius 1 is 0.857 bits per heavy atom. The van der Waals surface area contributed by atoms with Crippen molar-refractivity contribution in [3.05, 3.63) is 95.1 Å². The zero-order valence-corrected chi connectivity index (χ0v) is 21.9. The van der Waals surface area contributed by atoms with E-state index in [1.165, 1.54) is 5.56 Å². The number of halogens is 1. The van der Waals surface area contributed by atoms with E-state index in [1.54, 1.807) is 52.6 Å². The average molecular weight is 508 g/mol. The number of thiazole rings is 1. The molecular weight excluding hydrogens is 478 g/mol. The van der Waals surface area contributed by atoms with Crippen LogP contribution in [0.1, 0.15) is 45.2 Å². The SMILES string of the molecule is CCc1ccc2nc(N(CCCN(C)C)C(=O)c3ccc(C(=O)c4ccccc4)cc3)sc2c1.Cl. The largest absolute Gasteiger partial charge is 0.309 e. The van der Waals surface area contributed by atoms with Crippen molar-refractivity contribution >= 4 is 50.8 Å². The molecule has 0 aliphatic carbocycles. The fourth-order valence-electron chi connectivity index (χ4n) is 3.80. The second-order valence-electron chi connectivity index (χ2n) is 8.54. The summed E-state index contributed by atoms with van der Waals surface area (Å²) in [6.45, 7) is 3.58. The minimum atomic E-state index is -0.104. The lowest BCUT2D eigenvalue weighted by molar-refractivity contribution is 0.0983. The fraction of sp³-hybridized carbons (Fsp3) is 0.250. The Morgan fingerprint density at radius 2 is 1.51 bits per heavy atom. The first-order valence-corrected chi connectivity index (χ1v) is 12.3. The van der Waals surface area contributed by atoms with Crippen molar-refractivity contribution in [1.29, 1.82) is 0 Å². The van der Waals surface area contributed by atoms with Crippen LogP contribution in [0.25, 0.3) is 10.2 Å². The summed E-state index contributed by atoms with van der Waals surface area (Å²) >= 11 is 1.55. The number of benzene rings is 3. The van der Waals surface area contributed by atoms with Gasteiger partial charge in [-0.05, 0) is 63.3 Å². The van der Waals surface area contributed by atoms with E-state index < -0.39 is 0 Å². The molecule has 4 aromatic rings. The molecule has 3 aromatic carbocycles. The van der Waals surface area contributed by atoms with Crippen LogP contribution in [0.2, 0.25) is 0 Å². The third kappa shape index (κ3) is 6.34. The number of rotatable bonds is 9. The number of hydrogen-bond donors (Lipinski definition) is 0. The molecule has 0 bridgehead atoms. The minimum Gasteiger partial charge on any atom is -0.309 e. The van der Waals surface area contributed by atoms with E-state index in [9.17, 15) is 9.59 Å². The van der Waals surface area contributed by atoms with Gasteiger partial charge in [0.2, 0.25) is 0 Å². The van der Waals surface area contributed by atoms with Gasteiger partial charge in [-0.25, -0.2) is 4.98 Å². The summed E-state index contributed by atoms with van der Waals surface area (Å²) in [5, 5.41) is 0.705. The summed E-state index contributed by atoms with van der Waals surface area (Å²) in [6, 6.07) is 22.4. The van der Waals surface area contributed by atoms with Crippen LogP contribution in [0, 0.1) is 0 Å². The molecule has 0 spiro atoms. The van der Waals surface area contributed by atoms with E-state index in [0.29, 0.717) is 28.4 Å². The lowest BCUT2D eigenvalue weighted by Crippen LogP contribution is -2.33. The Balaban J connectivity index is 0.00000342. The third-order valence-electron chi connectivity index (χ3n) is 5.74. The highest BCUT2D eigenvalue weighted by molar-refractivity contribution is 7.22. The van der Waals surface area contributed by atoms with Gasteiger partial charge in [-0.1, -0.05) is 66.8 Å². The lowest BCUT2D eigenvalue weighted by atomic mass is 10.0. The Morgan fingerprint density at radius 3 is 2.17 bits per heavy atom. The van der Waals surface area contributed by atoms with E-state index in [-0.39, 0.29) is 24.1 Å². The van der Waals surface area contributed by atoms with Crippen LogP contribution in [-0.4, -0.2) is 48.8 Å². The van der Waals surface area contributed by atoms with Gasteiger partial charge in [0.1, 0.15) is 0 Å². The lowest BCUT2D eigenvalue weighted by Gasteiger charge is -2.21. The van der Waals surface area contributed by atoms with Gasteiger partial charge in [0.25, 0.3) is 5.91 Å². The molecule has 1 amide bonds. The van der Waals surface area contributed by atoms with Crippen LogP contribution in [0.4, 0.5) is 5.13 Å². The number of ketones is 1. The molecule has 1 aromatic heterocycles. The highest BCUT2D eigenvalue weighted by Crippen LogP contribution is 2.31. The summed E-state index contributed by atoms with van der Waals surface area (Å²) in [4.78, 5) is 35.0. The zero-order chi connectivity index (χ0) is 24.1. The van der Waals surface area contributed by atoms with Gasteiger partial charge in [0, 0.05) is 23.2 Å². The number of hydrogen-bond acceptors (Lipinski definition) is 5. The van der Waals surface area contributed by atoms with E-state index in [2.05, 4.69) is 24.0 Å². The van der Waals surface area contributed by atoms with Gasteiger partial charge < -0.3 is 4.90 Å². The first kappa shape index (κ1) is 26.5. The smallest absolute Gasteiger partial charge is 0.260 e. The van der Waals surface area contributed by atoms with Crippen molar-refractivity contribution in [2.24, 2.45) is 0 Å². The van der Waals surface area contributed by atoms with E-state index in [0.717, 1.165) is 29.6 Å².